The molecule has 1 heterocycles. The third-order valence-corrected chi connectivity index (χ3v) is 3.48. The van der Waals surface area contributed by atoms with Crippen LogP contribution in [0.4, 0.5) is 23.2 Å². The highest BCUT2D eigenvalue weighted by Gasteiger charge is 2.14. The van der Waals surface area contributed by atoms with Crippen molar-refractivity contribution in [3.63, 3.8) is 0 Å². The van der Waals surface area contributed by atoms with Gasteiger partial charge >= 0.3 is 13.2 Å². The number of hydrogen-bond donors (Lipinski definition) is 1. The highest BCUT2D eigenvalue weighted by molar-refractivity contribution is 6.02. The predicted octanol–water partition coefficient (Wildman–Crippen LogP) is 4.27. The van der Waals surface area contributed by atoms with Gasteiger partial charge in [0.15, 0.2) is 11.5 Å². The first-order valence-corrected chi connectivity index (χ1v) is 7.83. The fraction of sp³-hybridized carbons (Fsp3) is 0.167. The van der Waals surface area contributed by atoms with Crippen molar-refractivity contribution in [1.29, 1.82) is 0 Å². The van der Waals surface area contributed by atoms with E-state index in [0.717, 1.165) is 18.2 Å². The maximum Gasteiger partial charge on any atom is 0.387 e. The predicted molar refractivity (Wildman–Crippen MR) is 89.9 cm³/mol. The topological polar surface area (TPSA) is 66.0 Å². The van der Waals surface area contributed by atoms with Gasteiger partial charge in [-0.2, -0.15) is 17.6 Å². The van der Waals surface area contributed by atoms with E-state index >= 15 is 0 Å². The Balaban J connectivity index is 1.72. The largest absolute Gasteiger partial charge is 0.454 e. The summed E-state index contributed by atoms with van der Waals surface area (Å²) in [6.45, 7) is -6.21. The van der Waals surface area contributed by atoms with E-state index in [0.29, 0.717) is 17.2 Å². The standard InChI is InChI=1S/C18H13F4NO5/c19-17(20)27-12-4-1-10(14(8-12)28-18(21)22)2-6-16(24)23-11-3-5-13-15(7-11)26-9-25-13/h1-8,17-18H,9H2,(H,23,24)/b6-2+. The third-order valence-electron chi connectivity index (χ3n) is 3.48. The van der Waals surface area contributed by atoms with Crippen molar-refractivity contribution in [1.82, 2.24) is 0 Å². The molecule has 2 aromatic rings. The molecule has 0 radical (unpaired) electrons. The van der Waals surface area contributed by atoms with E-state index < -0.39 is 24.9 Å². The van der Waals surface area contributed by atoms with E-state index in [1.165, 1.54) is 12.1 Å². The Bertz CT molecular complexity index is 888. The molecule has 0 unspecified atom stereocenters. The summed E-state index contributed by atoms with van der Waals surface area (Å²) < 4.78 is 68.4. The minimum atomic E-state index is -3.18. The van der Waals surface area contributed by atoms with Crippen LogP contribution >= 0.6 is 0 Å². The van der Waals surface area contributed by atoms with Crippen LogP contribution in [0, 0.1) is 0 Å². The van der Waals surface area contributed by atoms with Gasteiger partial charge in [0.2, 0.25) is 12.7 Å². The fourth-order valence-electron chi connectivity index (χ4n) is 2.35. The van der Waals surface area contributed by atoms with Gasteiger partial charge in [0.1, 0.15) is 11.5 Å². The number of nitrogens with one attached hydrogen (secondary N) is 1. The number of anilines is 1. The molecule has 2 aromatic carbocycles. The fourth-order valence-corrected chi connectivity index (χ4v) is 2.35. The smallest absolute Gasteiger partial charge is 0.387 e. The van der Waals surface area contributed by atoms with Gasteiger partial charge in [0.05, 0.1) is 0 Å². The van der Waals surface area contributed by atoms with Crippen molar-refractivity contribution in [2.24, 2.45) is 0 Å². The van der Waals surface area contributed by atoms with E-state index in [-0.39, 0.29) is 18.1 Å². The van der Waals surface area contributed by atoms with Crippen molar-refractivity contribution in [3.05, 3.63) is 48.0 Å². The Morgan fingerprint density at radius 1 is 1.00 bits per heavy atom. The number of halogens is 4. The van der Waals surface area contributed by atoms with Crippen molar-refractivity contribution in [2.45, 2.75) is 13.2 Å². The van der Waals surface area contributed by atoms with Crippen molar-refractivity contribution in [3.8, 4) is 23.0 Å². The Hall–Kier alpha value is -3.43. The second kappa shape index (κ2) is 8.51. The van der Waals surface area contributed by atoms with E-state index in [4.69, 9.17) is 9.47 Å². The van der Waals surface area contributed by atoms with Gasteiger partial charge in [0.25, 0.3) is 0 Å². The molecule has 0 atom stereocenters. The maximum absolute atomic E-state index is 12.6. The molecule has 28 heavy (non-hydrogen) atoms. The molecule has 0 bridgehead atoms. The molecule has 6 nitrogen and oxygen atoms in total. The number of benzene rings is 2. The van der Waals surface area contributed by atoms with Crippen molar-refractivity contribution in [2.75, 3.05) is 12.1 Å². The minimum absolute atomic E-state index is 0.0720. The summed E-state index contributed by atoms with van der Waals surface area (Å²) in [4.78, 5) is 12.0. The Morgan fingerprint density at radius 2 is 1.75 bits per heavy atom. The van der Waals surface area contributed by atoms with Gasteiger partial charge in [0, 0.05) is 29.5 Å². The lowest BCUT2D eigenvalue weighted by Crippen LogP contribution is -2.08. The highest BCUT2D eigenvalue weighted by Crippen LogP contribution is 2.34. The molecule has 0 saturated carbocycles. The average Bonchev–Trinajstić information content (AvgIpc) is 3.08. The number of alkyl halides is 4. The number of ether oxygens (including phenoxy) is 4. The van der Waals surface area contributed by atoms with Gasteiger partial charge in [-0.25, -0.2) is 0 Å². The third kappa shape index (κ3) is 5.06. The summed E-state index contributed by atoms with van der Waals surface area (Å²) in [7, 11) is 0. The summed E-state index contributed by atoms with van der Waals surface area (Å²) in [5.74, 6) is -0.305. The van der Waals surface area contributed by atoms with Gasteiger partial charge in [-0.15, -0.1) is 0 Å². The molecule has 1 aliphatic rings. The Labute approximate surface area is 156 Å². The van der Waals surface area contributed by atoms with E-state index in [1.54, 1.807) is 18.2 Å². The highest BCUT2D eigenvalue weighted by atomic mass is 19.3. The van der Waals surface area contributed by atoms with Crippen LogP contribution in [0.15, 0.2) is 42.5 Å². The van der Waals surface area contributed by atoms with Crippen molar-refractivity contribution < 1.29 is 41.3 Å². The number of fused-ring (bicyclic) bond motifs is 1. The Morgan fingerprint density at radius 3 is 2.50 bits per heavy atom. The molecular formula is C18H13F4NO5. The quantitative estimate of drug-likeness (QED) is 0.557. The second-order valence-corrected chi connectivity index (χ2v) is 5.35. The summed E-state index contributed by atoms with van der Waals surface area (Å²) in [6.07, 6.45) is 2.28. The number of rotatable bonds is 7. The minimum Gasteiger partial charge on any atom is -0.454 e. The monoisotopic (exact) mass is 399 g/mol. The molecule has 1 N–H and O–H groups in total. The summed E-state index contributed by atoms with van der Waals surface area (Å²) in [6, 6.07) is 8.02. The van der Waals surface area contributed by atoms with Crippen LogP contribution in [-0.4, -0.2) is 25.9 Å². The second-order valence-electron chi connectivity index (χ2n) is 5.35. The van der Waals surface area contributed by atoms with Crippen molar-refractivity contribution >= 4 is 17.7 Å². The SMILES string of the molecule is O=C(/C=C/c1ccc(OC(F)F)cc1OC(F)F)Nc1ccc2c(c1)OCO2. The summed E-state index contributed by atoms with van der Waals surface area (Å²) in [5.41, 5.74) is 0.506. The molecule has 0 fully saturated rings. The molecular weight excluding hydrogens is 386 g/mol. The zero-order chi connectivity index (χ0) is 20.1. The number of carbonyl (C=O) groups excluding carboxylic acids is 1. The molecule has 0 aromatic heterocycles. The maximum atomic E-state index is 12.6. The van der Waals surface area contributed by atoms with Crippen LogP contribution in [0.25, 0.3) is 6.08 Å². The molecule has 10 heteroatoms. The number of carbonyl (C=O) groups is 1. The molecule has 148 valence electrons. The van der Waals surface area contributed by atoms with Crippen LogP contribution < -0.4 is 24.3 Å². The normalized spacial score (nSPS) is 12.6. The lowest BCUT2D eigenvalue weighted by molar-refractivity contribution is -0.111. The molecule has 0 saturated heterocycles. The van der Waals surface area contributed by atoms with E-state index in [9.17, 15) is 22.4 Å². The lowest BCUT2D eigenvalue weighted by atomic mass is 10.1. The average molecular weight is 399 g/mol. The first kappa shape index (κ1) is 19.3. The molecule has 3 rings (SSSR count). The van der Waals surface area contributed by atoms with Crippen LogP contribution in [0.1, 0.15) is 5.56 Å². The van der Waals surface area contributed by atoms with Crippen LogP contribution in [0.5, 0.6) is 23.0 Å². The van der Waals surface area contributed by atoms with Gasteiger partial charge in [-0.3, -0.25) is 4.79 Å². The molecule has 0 aliphatic carbocycles. The first-order chi connectivity index (χ1) is 13.4. The van der Waals surface area contributed by atoms with Gasteiger partial charge in [-0.1, -0.05) is 0 Å². The molecule has 1 amide bonds. The van der Waals surface area contributed by atoms with Gasteiger partial charge < -0.3 is 24.3 Å². The van der Waals surface area contributed by atoms with E-state index in [2.05, 4.69) is 14.8 Å². The summed E-state index contributed by atoms with van der Waals surface area (Å²) >= 11 is 0. The zero-order valence-electron chi connectivity index (χ0n) is 14.0. The molecule has 0 spiro atoms. The first-order valence-electron chi connectivity index (χ1n) is 7.83. The van der Waals surface area contributed by atoms with Crippen LogP contribution in [0.2, 0.25) is 0 Å². The lowest BCUT2D eigenvalue weighted by Gasteiger charge is -2.11. The summed E-state index contributed by atoms with van der Waals surface area (Å²) in [5, 5.41) is 2.57. The number of amides is 1. The van der Waals surface area contributed by atoms with Crippen LogP contribution in [0.3, 0.4) is 0 Å². The van der Waals surface area contributed by atoms with Gasteiger partial charge in [-0.05, 0) is 30.3 Å². The molecule has 1 aliphatic heterocycles. The van der Waals surface area contributed by atoms with E-state index in [1.807, 2.05) is 0 Å². The van der Waals surface area contributed by atoms with Crippen LogP contribution in [-0.2, 0) is 4.79 Å². The number of hydrogen-bond acceptors (Lipinski definition) is 5. The Kier molecular flexibility index (Phi) is 5.87. The zero-order valence-corrected chi connectivity index (χ0v) is 14.0.